The zero-order valence-corrected chi connectivity index (χ0v) is 30.1. The van der Waals surface area contributed by atoms with Gasteiger partial charge in [-0.1, -0.05) is 0 Å². The van der Waals surface area contributed by atoms with Crippen LogP contribution in [0.3, 0.4) is 0 Å². The second kappa shape index (κ2) is 12.4. The predicted molar refractivity (Wildman–Crippen MR) is 209 cm³/mol. The Labute approximate surface area is 321 Å². The third-order valence-corrected chi connectivity index (χ3v) is 12.4. The van der Waals surface area contributed by atoms with Gasteiger partial charge >= 0.3 is 0 Å². The minimum atomic E-state index is -0.427. The largest absolute Gasteiger partial charge is 0.508 e. The molecular weight excluding hydrogens is 712 g/mol. The molecule has 0 radical (unpaired) electrons. The third-order valence-electron chi connectivity index (χ3n) is 12.4. The summed E-state index contributed by atoms with van der Waals surface area (Å²) in [6.07, 6.45) is 5.11. The first-order valence-electron chi connectivity index (χ1n) is 18.5. The zero-order valence-electron chi connectivity index (χ0n) is 30.1. The maximum atomic E-state index is 11.9. The highest BCUT2D eigenvalue weighted by Gasteiger charge is 2.59. The summed E-state index contributed by atoms with van der Waals surface area (Å²) in [5, 5.41) is 107. The standard InChI is InChI=1S/C46H40O10/c47-31-2-25(3-32(48)14-31)39-10-29(11-40(43(39)55)26-4-33(49)15-34(50)5-26)45-18-23-1-24(19-45)21-46(20-23,22-45)30-12-41(27-6-35(51)16-36(52)7-27)44(56)42(13-30)28-8-37(53)17-38(54)9-28/h2-17,23-24,47-56H,1,18-22H2. The third kappa shape index (κ3) is 5.89. The van der Waals surface area contributed by atoms with Crippen molar-refractivity contribution in [2.45, 2.75) is 49.4 Å². The van der Waals surface area contributed by atoms with Crippen LogP contribution in [-0.2, 0) is 10.8 Å². The highest BCUT2D eigenvalue weighted by atomic mass is 16.3. The number of hydrogen-bond acceptors (Lipinski definition) is 10. The molecule has 10 heteroatoms. The van der Waals surface area contributed by atoms with Crippen LogP contribution in [0.4, 0.5) is 0 Å². The van der Waals surface area contributed by atoms with Crippen LogP contribution < -0.4 is 0 Å². The van der Waals surface area contributed by atoms with E-state index < -0.39 is 10.8 Å². The predicted octanol–water partition coefficient (Wildman–Crippen LogP) is 9.20. The maximum Gasteiger partial charge on any atom is 0.131 e. The first-order chi connectivity index (χ1) is 26.7. The van der Waals surface area contributed by atoms with E-state index >= 15 is 0 Å². The van der Waals surface area contributed by atoms with Crippen LogP contribution >= 0.6 is 0 Å². The molecule has 4 fully saturated rings. The molecule has 56 heavy (non-hydrogen) atoms. The van der Waals surface area contributed by atoms with Gasteiger partial charge in [0, 0.05) is 46.5 Å². The summed E-state index contributed by atoms with van der Waals surface area (Å²) in [4.78, 5) is 0. The molecule has 10 nitrogen and oxygen atoms in total. The van der Waals surface area contributed by atoms with E-state index in [0.717, 1.165) is 43.2 Å². The molecule has 284 valence electrons. The Morgan fingerprint density at radius 1 is 0.321 bits per heavy atom. The van der Waals surface area contributed by atoms with E-state index in [9.17, 15) is 51.1 Å². The summed E-state index contributed by atoms with van der Waals surface area (Å²) in [6, 6.07) is 24.1. The highest BCUT2D eigenvalue weighted by Crippen LogP contribution is 2.67. The first kappa shape index (κ1) is 35.0. The summed E-state index contributed by atoms with van der Waals surface area (Å²) in [5.74, 6) is -1.18. The summed E-state index contributed by atoms with van der Waals surface area (Å²) >= 11 is 0. The number of rotatable bonds is 6. The summed E-state index contributed by atoms with van der Waals surface area (Å²) in [6.45, 7) is 0. The van der Waals surface area contributed by atoms with Crippen molar-refractivity contribution in [3.8, 4) is 102 Å². The van der Waals surface area contributed by atoms with E-state index in [0.29, 0.717) is 62.8 Å². The fraction of sp³-hybridized carbons (Fsp3) is 0.217. The molecule has 0 atom stereocenters. The van der Waals surface area contributed by atoms with E-state index in [-0.39, 0.29) is 57.5 Å². The maximum absolute atomic E-state index is 11.9. The molecule has 0 spiro atoms. The smallest absolute Gasteiger partial charge is 0.131 e. The number of hydrogen-bond donors (Lipinski definition) is 10. The summed E-state index contributed by atoms with van der Waals surface area (Å²) in [5.41, 5.74) is 3.93. The molecule has 0 heterocycles. The Kier molecular flexibility index (Phi) is 7.78. The van der Waals surface area contributed by atoms with Gasteiger partial charge < -0.3 is 51.1 Å². The van der Waals surface area contributed by atoms with E-state index in [4.69, 9.17) is 0 Å². The fourth-order valence-corrected chi connectivity index (χ4v) is 10.7. The van der Waals surface area contributed by atoms with Crippen molar-refractivity contribution in [3.05, 3.63) is 108 Å². The lowest BCUT2D eigenvalue weighted by molar-refractivity contribution is -0.0280. The van der Waals surface area contributed by atoms with Gasteiger partial charge in [-0.15, -0.1) is 0 Å². The molecule has 0 aliphatic heterocycles. The van der Waals surface area contributed by atoms with Crippen LogP contribution in [-0.4, -0.2) is 51.1 Å². The van der Waals surface area contributed by atoms with Crippen LogP contribution in [0.15, 0.2) is 97.1 Å². The Balaban J connectivity index is 1.26. The lowest BCUT2D eigenvalue weighted by atomic mass is 9.41. The molecule has 0 unspecified atom stereocenters. The second-order valence-corrected chi connectivity index (χ2v) is 16.3. The average molecular weight is 753 g/mol. The van der Waals surface area contributed by atoms with E-state index in [1.807, 2.05) is 24.3 Å². The Bertz CT molecular complexity index is 2180. The molecular formula is C46H40O10. The molecule has 6 aromatic rings. The molecule has 4 saturated carbocycles. The van der Waals surface area contributed by atoms with Crippen molar-refractivity contribution < 1.29 is 51.1 Å². The van der Waals surface area contributed by atoms with Crippen LogP contribution in [0.5, 0.6) is 57.5 Å². The minimum Gasteiger partial charge on any atom is -0.508 e. The molecule has 4 aliphatic rings. The van der Waals surface area contributed by atoms with Gasteiger partial charge in [0.15, 0.2) is 0 Å². The second-order valence-electron chi connectivity index (χ2n) is 16.3. The lowest BCUT2D eigenvalue weighted by Gasteiger charge is -2.63. The van der Waals surface area contributed by atoms with Crippen molar-refractivity contribution in [1.82, 2.24) is 0 Å². The van der Waals surface area contributed by atoms with Gasteiger partial charge in [0.2, 0.25) is 0 Å². The number of benzene rings is 6. The Morgan fingerprint density at radius 3 is 0.786 bits per heavy atom. The van der Waals surface area contributed by atoms with Gasteiger partial charge in [0.1, 0.15) is 57.5 Å². The van der Waals surface area contributed by atoms with Crippen molar-refractivity contribution in [1.29, 1.82) is 0 Å². The van der Waals surface area contributed by atoms with Gasteiger partial charge in [-0.3, -0.25) is 0 Å². The molecule has 0 amide bonds. The van der Waals surface area contributed by atoms with Gasteiger partial charge in [0.05, 0.1) is 0 Å². The van der Waals surface area contributed by atoms with E-state index in [1.165, 1.54) is 72.8 Å². The van der Waals surface area contributed by atoms with E-state index in [1.54, 1.807) is 0 Å². The van der Waals surface area contributed by atoms with Gasteiger partial charge in [-0.2, -0.15) is 0 Å². The van der Waals surface area contributed by atoms with Crippen molar-refractivity contribution in [2.75, 3.05) is 0 Å². The minimum absolute atomic E-state index is 0.153. The van der Waals surface area contributed by atoms with Crippen molar-refractivity contribution in [3.63, 3.8) is 0 Å². The average Bonchev–Trinajstić information content (AvgIpc) is 3.09. The number of aromatic hydroxyl groups is 10. The molecule has 10 rings (SSSR count). The van der Waals surface area contributed by atoms with E-state index in [2.05, 4.69) is 0 Å². The summed E-state index contributed by atoms with van der Waals surface area (Å²) < 4.78 is 0. The molecule has 4 bridgehead atoms. The fourth-order valence-electron chi connectivity index (χ4n) is 10.7. The SMILES string of the molecule is Oc1cc(O)cc(-c2cc(C34CC5CC(C3)CC(c3cc(-c6cc(O)cc(O)c6)c(O)c(-c6cc(O)cc(O)c6)c3)(C5)C4)cc(-c3cc(O)cc(O)c3)c2O)c1. The van der Waals surface area contributed by atoms with Gasteiger partial charge in [0.25, 0.3) is 0 Å². The van der Waals surface area contributed by atoms with Crippen molar-refractivity contribution >= 4 is 0 Å². The molecule has 6 aromatic carbocycles. The zero-order chi connectivity index (χ0) is 39.3. The van der Waals surface area contributed by atoms with Crippen LogP contribution in [0.2, 0.25) is 0 Å². The monoisotopic (exact) mass is 752 g/mol. The molecule has 10 N–H and O–H groups in total. The Hall–Kier alpha value is -6.68. The van der Waals surface area contributed by atoms with Gasteiger partial charge in [-0.25, -0.2) is 0 Å². The number of phenols is 10. The van der Waals surface area contributed by atoms with Crippen LogP contribution in [0.25, 0.3) is 44.5 Å². The normalized spacial score (nSPS) is 22.4. The topological polar surface area (TPSA) is 202 Å². The van der Waals surface area contributed by atoms with Crippen molar-refractivity contribution in [2.24, 2.45) is 11.8 Å². The quantitative estimate of drug-likeness (QED) is 0.0781. The first-order valence-corrected chi connectivity index (χ1v) is 18.5. The highest BCUT2D eigenvalue weighted by molar-refractivity contribution is 5.86. The Morgan fingerprint density at radius 2 is 0.554 bits per heavy atom. The number of phenolic OH excluding ortho intramolecular Hbond substituents is 10. The molecule has 4 aliphatic carbocycles. The van der Waals surface area contributed by atoms with Crippen LogP contribution in [0, 0.1) is 11.8 Å². The van der Waals surface area contributed by atoms with Crippen LogP contribution in [0.1, 0.15) is 49.7 Å². The molecule has 0 aromatic heterocycles. The molecule has 0 saturated heterocycles. The lowest BCUT2D eigenvalue weighted by Crippen LogP contribution is -2.56. The van der Waals surface area contributed by atoms with Gasteiger partial charge in [-0.05, 0) is 167 Å². The summed E-state index contributed by atoms with van der Waals surface area (Å²) in [7, 11) is 0.